The van der Waals surface area contributed by atoms with Gasteiger partial charge in [0.1, 0.15) is 4.21 Å². The van der Waals surface area contributed by atoms with Crippen molar-refractivity contribution in [2.45, 2.75) is 9.10 Å². The van der Waals surface area contributed by atoms with Gasteiger partial charge in [0.15, 0.2) is 0 Å². The highest BCUT2D eigenvalue weighted by Gasteiger charge is 2.34. The standard InChI is InChI=1S/C14H14Cl2N2O4S3/c15-11-2-1-3-12(10-11)24(19,20)17-6-8-18(9-7-17)25(21,22)14-5-4-13(16)23-14/h1-5,10H,6-9H2. The molecule has 2 aromatic rings. The molecule has 0 saturated carbocycles. The predicted octanol–water partition coefficient (Wildman–Crippen LogP) is 2.75. The lowest BCUT2D eigenvalue weighted by atomic mass is 10.4. The van der Waals surface area contributed by atoms with Gasteiger partial charge in [-0.15, -0.1) is 11.3 Å². The van der Waals surface area contributed by atoms with E-state index in [0.717, 1.165) is 11.3 Å². The van der Waals surface area contributed by atoms with E-state index < -0.39 is 20.0 Å². The first kappa shape index (κ1) is 19.1. The maximum Gasteiger partial charge on any atom is 0.252 e. The third kappa shape index (κ3) is 3.87. The number of sulfonamides is 2. The van der Waals surface area contributed by atoms with Gasteiger partial charge in [0, 0.05) is 31.2 Å². The number of rotatable bonds is 4. The van der Waals surface area contributed by atoms with Crippen LogP contribution < -0.4 is 0 Å². The van der Waals surface area contributed by atoms with Gasteiger partial charge in [-0.3, -0.25) is 0 Å². The van der Waals surface area contributed by atoms with Gasteiger partial charge in [-0.25, -0.2) is 16.8 Å². The molecule has 0 N–H and O–H groups in total. The van der Waals surface area contributed by atoms with E-state index in [1.165, 1.54) is 32.9 Å². The highest BCUT2D eigenvalue weighted by atomic mass is 35.5. The topological polar surface area (TPSA) is 74.8 Å². The van der Waals surface area contributed by atoms with Crippen LogP contribution >= 0.6 is 34.5 Å². The van der Waals surface area contributed by atoms with Crippen LogP contribution in [-0.2, 0) is 20.0 Å². The van der Waals surface area contributed by atoms with E-state index in [2.05, 4.69) is 0 Å². The molecule has 0 amide bonds. The van der Waals surface area contributed by atoms with E-state index in [0.29, 0.717) is 9.36 Å². The summed E-state index contributed by atoms with van der Waals surface area (Å²) in [6.07, 6.45) is 0. The maximum absolute atomic E-state index is 12.7. The van der Waals surface area contributed by atoms with Gasteiger partial charge in [-0.2, -0.15) is 8.61 Å². The summed E-state index contributed by atoms with van der Waals surface area (Å²) in [5, 5.41) is 0.330. The van der Waals surface area contributed by atoms with E-state index in [1.54, 1.807) is 12.1 Å². The Morgan fingerprint density at radius 1 is 0.840 bits per heavy atom. The first-order chi connectivity index (χ1) is 11.7. The van der Waals surface area contributed by atoms with Crippen molar-refractivity contribution in [2.24, 2.45) is 0 Å². The van der Waals surface area contributed by atoms with Crippen molar-refractivity contribution in [1.29, 1.82) is 0 Å². The fourth-order valence-corrected chi connectivity index (χ4v) is 7.27. The zero-order valence-corrected chi connectivity index (χ0v) is 16.8. The smallest absolute Gasteiger partial charge is 0.207 e. The van der Waals surface area contributed by atoms with Gasteiger partial charge in [0.05, 0.1) is 9.23 Å². The van der Waals surface area contributed by atoms with Crippen LogP contribution in [-0.4, -0.2) is 51.6 Å². The molecule has 0 spiro atoms. The van der Waals surface area contributed by atoms with Crippen LogP contribution in [0, 0.1) is 0 Å². The summed E-state index contributed by atoms with van der Waals surface area (Å²) in [5.41, 5.74) is 0. The number of benzene rings is 1. The summed E-state index contributed by atoms with van der Waals surface area (Å²) in [4.78, 5) is 0.0985. The molecule has 136 valence electrons. The molecule has 11 heteroatoms. The molecule has 1 aliphatic rings. The Labute approximate surface area is 160 Å². The summed E-state index contributed by atoms with van der Waals surface area (Å²) in [7, 11) is -7.36. The summed E-state index contributed by atoms with van der Waals surface area (Å²) in [5.74, 6) is 0. The fraction of sp³-hybridized carbons (Fsp3) is 0.286. The number of nitrogens with zero attached hydrogens (tertiary/aromatic N) is 2. The second kappa shape index (κ2) is 7.15. The Morgan fingerprint density at radius 2 is 1.44 bits per heavy atom. The quantitative estimate of drug-likeness (QED) is 0.732. The number of piperazine rings is 1. The minimum atomic E-state index is -3.71. The average molecular weight is 441 g/mol. The third-order valence-electron chi connectivity index (χ3n) is 3.77. The highest BCUT2D eigenvalue weighted by Crippen LogP contribution is 2.29. The van der Waals surface area contributed by atoms with Crippen molar-refractivity contribution in [3.05, 3.63) is 45.8 Å². The molecule has 3 rings (SSSR count). The normalized spacial score (nSPS) is 17.7. The monoisotopic (exact) mass is 440 g/mol. The molecule has 2 heterocycles. The molecule has 0 aliphatic carbocycles. The molecule has 1 fully saturated rings. The van der Waals surface area contributed by atoms with Crippen molar-refractivity contribution in [3.63, 3.8) is 0 Å². The van der Waals surface area contributed by atoms with Crippen LogP contribution in [0.2, 0.25) is 9.36 Å². The lowest BCUT2D eigenvalue weighted by molar-refractivity contribution is 0.273. The Bertz CT molecular complexity index is 981. The SMILES string of the molecule is O=S(=O)(c1cccc(Cl)c1)N1CCN(S(=O)(=O)c2ccc(Cl)s2)CC1. The molecule has 0 unspecified atom stereocenters. The van der Waals surface area contributed by atoms with Crippen LogP contribution in [0.15, 0.2) is 45.5 Å². The Kier molecular flexibility index (Phi) is 5.46. The number of halogens is 2. The van der Waals surface area contributed by atoms with E-state index in [-0.39, 0.29) is 35.3 Å². The minimum absolute atomic E-state index is 0.0766. The second-order valence-electron chi connectivity index (χ2n) is 5.32. The van der Waals surface area contributed by atoms with Crippen molar-refractivity contribution in [3.8, 4) is 0 Å². The van der Waals surface area contributed by atoms with Gasteiger partial charge in [0.25, 0.3) is 10.0 Å². The molecule has 0 atom stereocenters. The van der Waals surface area contributed by atoms with E-state index in [9.17, 15) is 16.8 Å². The predicted molar refractivity (Wildman–Crippen MR) is 98.3 cm³/mol. The van der Waals surface area contributed by atoms with Crippen molar-refractivity contribution in [1.82, 2.24) is 8.61 Å². The van der Waals surface area contributed by atoms with Gasteiger partial charge < -0.3 is 0 Å². The van der Waals surface area contributed by atoms with Crippen LogP contribution in [0.25, 0.3) is 0 Å². The van der Waals surface area contributed by atoms with Gasteiger partial charge in [0.2, 0.25) is 10.0 Å². The van der Waals surface area contributed by atoms with Crippen LogP contribution in [0.3, 0.4) is 0 Å². The molecule has 0 radical (unpaired) electrons. The summed E-state index contributed by atoms with van der Waals surface area (Å²) < 4.78 is 53.5. The number of hydrogen-bond donors (Lipinski definition) is 0. The molecular weight excluding hydrogens is 427 g/mol. The van der Waals surface area contributed by atoms with Crippen molar-refractivity contribution in [2.75, 3.05) is 26.2 Å². The third-order valence-corrected chi connectivity index (χ3v) is 9.50. The molecule has 1 saturated heterocycles. The van der Waals surface area contributed by atoms with Crippen molar-refractivity contribution < 1.29 is 16.8 Å². The van der Waals surface area contributed by atoms with Crippen LogP contribution in [0.4, 0.5) is 0 Å². The Balaban J connectivity index is 1.76. The molecule has 0 bridgehead atoms. The zero-order chi connectivity index (χ0) is 18.2. The van der Waals surface area contributed by atoms with E-state index >= 15 is 0 Å². The van der Waals surface area contributed by atoms with Crippen molar-refractivity contribution >= 4 is 54.6 Å². The zero-order valence-electron chi connectivity index (χ0n) is 12.8. The molecule has 1 aromatic heterocycles. The summed E-state index contributed by atoms with van der Waals surface area (Å²) in [6.45, 7) is 0.315. The largest absolute Gasteiger partial charge is 0.252 e. The molecule has 25 heavy (non-hydrogen) atoms. The average Bonchev–Trinajstić information content (AvgIpc) is 3.02. The summed E-state index contributed by atoms with van der Waals surface area (Å²) in [6, 6.07) is 9.00. The minimum Gasteiger partial charge on any atom is -0.207 e. The van der Waals surface area contributed by atoms with E-state index in [1.807, 2.05) is 0 Å². The first-order valence-electron chi connectivity index (χ1n) is 7.22. The van der Waals surface area contributed by atoms with E-state index in [4.69, 9.17) is 23.2 Å². The maximum atomic E-state index is 12.7. The number of hydrogen-bond acceptors (Lipinski definition) is 5. The Morgan fingerprint density at radius 3 is 1.96 bits per heavy atom. The lowest BCUT2D eigenvalue weighted by Crippen LogP contribution is -2.50. The lowest BCUT2D eigenvalue weighted by Gasteiger charge is -2.32. The highest BCUT2D eigenvalue weighted by molar-refractivity contribution is 7.91. The molecule has 6 nitrogen and oxygen atoms in total. The van der Waals surface area contributed by atoms with Gasteiger partial charge in [-0.1, -0.05) is 29.3 Å². The summed E-state index contributed by atoms with van der Waals surface area (Å²) >= 11 is 12.7. The molecular formula is C14H14Cl2N2O4S3. The molecule has 1 aromatic carbocycles. The van der Waals surface area contributed by atoms with Gasteiger partial charge in [-0.05, 0) is 30.3 Å². The number of thiophene rings is 1. The molecule has 1 aliphatic heterocycles. The first-order valence-corrected chi connectivity index (χ1v) is 11.7. The van der Waals surface area contributed by atoms with Crippen LogP contribution in [0.5, 0.6) is 0 Å². The fourth-order valence-electron chi connectivity index (χ4n) is 2.49. The second-order valence-corrected chi connectivity index (χ2v) is 11.6. The van der Waals surface area contributed by atoms with Crippen LogP contribution in [0.1, 0.15) is 0 Å². The van der Waals surface area contributed by atoms with Gasteiger partial charge >= 0.3 is 0 Å². The Hall–Kier alpha value is -0.680.